The van der Waals surface area contributed by atoms with E-state index in [-0.39, 0.29) is 17.0 Å². The van der Waals surface area contributed by atoms with Crippen LogP contribution in [0.15, 0.2) is 24.5 Å². The van der Waals surface area contributed by atoms with Gasteiger partial charge in [-0.1, -0.05) is 13.8 Å². The Kier molecular flexibility index (Phi) is 3.72. The minimum absolute atomic E-state index is 0.0615. The van der Waals surface area contributed by atoms with Gasteiger partial charge in [0, 0.05) is 37.3 Å². The first-order valence-electron chi connectivity index (χ1n) is 7.88. The van der Waals surface area contributed by atoms with Crippen LogP contribution < -0.4 is 4.72 Å². The molecule has 1 heterocycles. The lowest BCUT2D eigenvalue weighted by atomic mass is 9.70. The number of hydrogen-bond donors (Lipinski definition) is 1. The molecular formula is C16H24N2O3S. The van der Waals surface area contributed by atoms with Crippen LogP contribution in [0, 0.1) is 16.7 Å². The zero-order valence-electron chi connectivity index (χ0n) is 13.2. The molecule has 2 aliphatic carbocycles. The second-order valence-electron chi connectivity index (χ2n) is 7.24. The van der Waals surface area contributed by atoms with Gasteiger partial charge in [0.1, 0.15) is 5.78 Å². The zero-order valence-corrected chi connectivity index (χ0v) is 14.0. The molecule has 1 aromatic rings. The van der Waals surface area contributed by atoms with Crippen LogP contribution in [0.1, 0.15) is 33.1 Å². The van der Waals surface area contributed by atoms with Gasteiger partial charge in [-0.15, -0.1) is 0 Å². The van der Waals surface area contributed by atoms with Gasteiger partial charge < -0.3 is 4.57 Å². The van der Waals surface area contributed by atoms with Crippen molar-refractivity contribution in [3.63, 3.8) is 0 Å². The van der Waals surface area contributed by atoms with Crippen LogP contribution in [0.5, 0.6) is 0 Å². The molecule has 0 saturated heterocycles. The lowest BCUT2D eigenvalue weighted by Gasteiger charge is -2.36. The molecule has 6 heteroatoms. The number of nitrogens with one attached hydrogen (secondary N) is 1. The smallest absolute Gasteiger partial charge is 0.212 e. The molecule has 2 fully saturated rings. The van der Waals surface area contributed by atoms with E-state index in [1.165, 1.54) is 0 Å². The van der Waals surface area contributed by atoms with Crippen molar-refractivity contribution in [3.05, 3.63) is 24.5 Å². The summed E-state index contributed by atoms with van der Waals surface area (Å²) in [4.78, 5) is 12.4. The molecule has 0 spiro atoms. The summed E-state index contributed by atoms with van der Waals surface area (Å²) in [7, 11) is -3.45. The number of sulfonamides is 1. The normalized spacial score (nSPS) is 30.1. The first-order valence-corrected chi connectivity index (χ1v) is 9.53. The van der Waals surface area contributed by atoms with E-state index in [1.807, 2.05) is 29.1 Å². The summed E-state index contributed by atoms with van der Waals surface area (Å²) in [6, 6.07) is 3.82. The number of ketones is 1. The van der Waals surface area contributed by atoms with Gasteiger partial charge in [-0.05, 0) is 36.3 Å². The Bertz CT molecular complexity index is 664. The number of hydrogen-bond acceptors (Lipinski definition) is 3. The Morgan fingerprint density at radius 2 is 2.00 bits per heavy atom. The molecule has 1 N–H and O–H groups in total. The van der Waals surface area contributed by atoms with Crippen molar-refractivity contribution in [2.75, 3.05) is 12.3 Å². The Balaban J connectivity index is 1.67. The van der Waals surface area contributed by atoms with Crippen molar-refractivity contribution >= 4 is 15.8 Å². The van der Waals surface area contributed by atoms with Crippen LogP contribution in [0.3, 0.4) is 0 Å². The van der Waals surface area contributed by atoms with Crippen LogP contribution in [-0.4, -0.2) is 31.1 Å². The first-order chi connectivity index (χ1) is 10.3. The van der Waals surface area contributed by atoms with Gasteiger partial charge in [-0.25, -0.2) is 13.1 Å². The van der Waals surface area contributed by atoms with Gasteiger partial charge in [-0.3, -0.25) is 4.79 Å². The number of carbonyl (C=O) groups is 1. The molecule has 2 atom stereocenters. The molecule has 2 aliphatic rings. The summed E-state index contributed by atoms with van der Waals surface area (Å²) >= 11 is 0. The topological polar surface area (TPSA) is 68.2 Å². The van der Waals surface area contributed by atoms with Gasteiger partial charge in [0.2, 0.25) is 10.0 Å². The van der Waals surface area contributed by atoms with Crippen molar-refractivity contribution in [1.29, 1.82) is 0 Å². The number of rotatable bonds is 6. The molecular weight excluding hydrogens is 300 g/mol. The average Bonchev–Trinajstić information content (AvgIpc) is 3.04. The second kappa shape index (κ2) is 5.20. The highest BCUT2D eigenvalue weighted by Gasteiger charge is 2.65. The third kappa shape index (κ3) is 2.42. The predicted octanol–water partition coefficient (Wildman–Crippen LogP) is 1.80. The monoisotopic (exact) mass is 324 g/mol. The Hall–Kier alpha value is -1.14. The Morgan fingerprint density at radius 1 is 1.32 bits per heavy atom. The quantitative estimate of drug-likeness (QED) is 0.867. The fourth-order valence-electron chi connectivity index (χ4n) is 4.33. The third-order valence-corrected chi connectivity index (χ3v) is 7.45. The van der Waals surface area contributed by atoms with E-state index in [9.17, 15) is 13.2 Å². The van der Waals surface area contributed by atoms with E-state index in [2.05, 4.69) is 18.6 Å². The maximum atomic E-state index is 12.5. The van der Waals surface area contributed by atoms with Crippen LogP contribution in [-0.2, 0) is 21.4 Å². The maximum absolute atomic E-state index is 12.5. The van der Waals surface area contributed by atoms with Crippen molar-refractivity contribution in [1.82, 2.24) is 9.29 Å². The number of fused-ring (bicyclic) bond motifs is 2. The van der Waals surface area contributed by atoms with E-state index in [4.69, 9.17) is 0 Å². The maximum Gasteiger partial charge on any atom is 0.212 e. The molecule has 1 aromatic heterocycles. The standard InChI is InChI=1S/C16H24N2O3S/c1-15(2)13-5-6-16(15,14(19)11-13)12-22(20,21)17-7-10-18-8-3-4-9-18/h3-4,8-9,13,17H,5-7,10-12H2,1-2H3/t13-,16+/m0/s1. The van der Waals surface area contributed by atoms with Gasteiger partial charge >= 0.3 is 0 Å². The fraction of sp³-hybridized carbons (Fsp3) is 0.688. The SMILES string of the molecule is CC1(C)[C@H]2CC[C@@]1(CS(=O)(=O)NCCn1cccc1)C(=O)C2. The third-order valence-electron chi connectivity index (χ3n) is 5.93. The van der Waals surface area contributed by atoms with E-state index in [0.717, 1.165) is 6.42 Å². The van der Waals surface area contributed by atoms with Crippen molar-refractivity contribution < 1.29 is 13.2 Å². The lowest BCUT2D eigenvalue weighted by molar-refractivity contribution is -0.128. The number of nitrogens with zero attached hydrogens (tertiary/aromatic N) is 1. The van der Waals surface area contributed by atoms with Crippen LogP contribution in [0.4, 0.5) is 0 Å². The summed E-state index contributed by atoms with van der Waals surface area (Å²) in [6.45, 7) is 5.07. The summed E-state index contributed by atoms with van der Waals surface area (Å²) in [6.07, 6.45) is 6.03. The number of aromatic nitrogens is 1. The van der Waals surface area contributed by atoms with E-state index >= 15 is 0 Å². The van der Waals surface area contributed by atoms with Gasteiger partial charge in [0.05, 0.1) is 5.75 Å². The highest BCUT2D eigenvalue weighted by Crippen LogP contribution is 2.64. The van der Waals surface area contributed by atoms with Crippen LogP contribution in [0.25, 0.3) is 0 Å². The molecule has 2 bridgehead atoms. The molecule has 0 aliphatic heterocycles. The molecule has 0 radical (unpaired) electrons. The van der Waals surface area contributed by atoms with Crippen molar-refractivity contribution in [3.8, 4) is 0 Å². The fourth-order valence-corrected chi connectivity index (χ4v) is 6.16. The van der Waals surface area contributed by atoms with Crippen LogP contribution >= 0.6 is 0 Å². The molecule has 3 rings (SSSR count). The Morgan fingerprint density at radius 3 is 2.55 bits per heavy atom. The van der Waals surface area contributed by atoms with Crippen LogP contribution in [0.2, 0.25) is 0 Å². The van der Waals surface area contributed by atoms with Crippen molar-refractivity contribution in [2.45, 2.75) is 39.7 Å². The minimum atomic E-state index is -3.45. The highest BCUT2D eigenvalue weighted by molar-refractivity contribution is 7.89. The molecule has 122 valence electrons. The molecule has 0 amide bonds. The number of Topliss-reactive ketones (excluding diaryl/α,β-unsaturated/α-hetero) is 1. The Labute approximate surface area is 132 Å². The highest BCUT2D eigenvalue weighted by atomic mass is 32.2. The van der Waals surface area contributed by atoms with Gasteiger partial charge in [0.25, 0.3) is 0 Å². The van der Waals surface area contributed by atoms with Gasteiger partial charge in [-0.2, -0.15) is 0 Å². The molecule has 0 unspecified atom stereocenters. The summed E-state index contributed by atoms with van der Waals surface area (Å²) in [5.74, 6) is 0.424. The summed E-state index contributed by atoms with van der Waals surface area (Å²) in [5, 5.41) is 0. The minimum Gasteiger partial charge on any atom is -0.353 e. The van der Waals surface area contributed by atoms with E-state index in [0.29, 0.717) is 31.8 Å². The molecule has 5 nitrogen and oxygen atoms in total. The second-order valence-corrected chi connectivity index (χ2v) is 9.05. The molecule has 22 heavy (non-hydrogen) atoms. The molecule has 2 saturated carbocycles. The predicted molar refractivity (Wildman–Crippen MR) is 84.8 cm³/mol. The lowest BCUT2D eigenvalue weighted by Crippen LogP contribution is -2.45. The average molecular weight is 324 g/mol. The van der Waals surface area contributed by atoms with Crippen molar-refractivity contribution in [2.24, 2.45) is 16.7 Å². The number of carbonyl (C=O) groups excluding carboxylic acids is 1. The largest absolute Gasteiger partial charge is 0.353 e. The van der Waals surface area contributed by atoms with Gasteiger partial charge in [0.15, 0.2) is 0 Å². The first kappa shape index (κ1) is 15.7. The van der Waals surface area contributed by atoms with E-state index in [1.54, 1.807) is 0 Å². The van der Waals surface area contributed by atoms with E-state index < -0.39 is 15.4 Å². The molecule has 0 aromatic carbocycles. The summed E-state index contributed by atoms with van der Waals surface area (Å²) < 4.78 is 29.5. The zero-order chi connectivity index (χ0) is 16.0. The summed E-state index contributed by atoms with van der Waals surface area (Å²) in [5.41, 5.74) is -0.893.